The van der Waals surface area contributed by atoms with Gasteiger partial charge in [0.05, 0.1) is 25.2 Å². The number of rotatable bonds is 9. The SMILES string of the molecule is C[C@@H](O)CC(=O)Nc1cccc(Nc2ncnc(N3CCC(OCc4ccccc4)CC3)n2)c1. The number of carbonyl (C=O) groups excluding carboxylic acids is 1. The highest BCUT2D eigenvalue weighted by atomic mass is 16.5. The van der Waals surface area contributed by atoms with E-state index < -0.39 is 6.10 Å². The van der Waals surface area contributed by atoms with Crippen LogP contribution in [0, 0.1) is 0 Å². The number of aliphatic hydroxyl groups excluding tert-OH is 1. The Morgan fingerprint density at radius 1 is 1.12 bits per heavy atom. The molecule has 1 aliphatic rings. The van der Waals surface area contributed by atoms with E-state index in [0.717, 1.165) is 31.6 Å². The van der Waals surface area contributed by atoms with E-state index in [4.69, 9.17) is 4.74 Å². The Balaban J connectivity index is 1.30. The number of hydrogen-bond acceptors (Lipinski definition) is 8. The molecule has 1 atom stereocenters. The zero-order chi connectivity index (χ0) is 23.8. The van der Waals surface area contributed by atoms with E-state index in [1.807, 2.05) is 30.3 Å². The minimum Gasteiger partial charge on any atom is -0.393 e. The molecule has 178 valence electrons. The number of amides is 1. The minimum atomic E-state index is -0.689. The largest absolute Gasteiger partial charge is 0.393 e. The van der Waals surface area contributed by atoms with Crippen molar-refractivity contribution in [3.63, 3.8) is 0 Å². The van der Waals surface area contributed by atoms with Gasteiger partial charge in [0.25, 0.3) is 0 Å². The summed E-state index contributed by atoms with van der Waals surface area (Å²) in [5.41, 5.74) is 2.55. The number of piperidine rings is 1. The van der Waals surface area contributed by atoms with Crippen molar-refractivity contribution in [1.29, 1.82) is 0 Å². The van der Waals surface area contributed by atoms with E-state index in [9.17, 15) is 9.90 Å². The molecule has 3 aromatic rings. The first-order valence-corrected chi connectivity index (χ1v) is 11.5. The van der Waals surface area contributed by atoms with Crippen molar-refractivity contribution in [2.45, 2.75) is 45.0 Å². The Hall–Kier alpha value is -3.56. The van der Waals surface area contributed by atoms with E-state index >= 15 is 0 Å². The first-order valence-electron chi connectivity index (χ1n) is 11.5. The normalized spacial score (nSPS) is 15.1. The summed E-state index contributed by atoms with van der Waals surface area (Å²) < 4.78 is 6.08. The summed E-state index contributed by atoms with van der Waals surface area (Å²) in [7, 11) is 0. The monoisotopic (exact) mass is 462 g/mol. The fourth-order valence-corrected chi connectivity index (χ4v) is 3.80. The average Bonchev–Trinajstić information content (AvgIpc) is 2.83. The Kier molecular flexibility index (Phi) is 8.00. The molecule has 0 unspecified atom stereocenters. The van der Waals surface area contributed by atoms with Crippen molar-refractivity contribution in [2.75, 3.05) is 28.6 Å². The zero-order valence-electron chi connectivity index (χ0n) is 19.2. The lowest BCUT2D eigenvalue weighted by Gasteiger charge is -2.31. The molecule has 9 heteroatoms. The molecule has 34 heavy (non-hydrogen) atoms. The van der Waals surface area contributed by atoms with Crippen molar-refractivity contribution in [1.82, 2.24) is 15.0 Å². The molecule has 0 saturated carbocycles. The lowest BCUT2D eigenvalue weighted by Crippen LogP contribution is -2.38. The second-order valence-corrected chi connectivity index (χ2v) is 8.40. The van der Waals surface area contributed by atoms with Crippen LogP contribution in [0.25, 0.3) is 0 Å². The molecule has 2 aromatic carbocycles. The lowest BCUT2D eigenvalue weighted by molar-refractivity contribution is -0.117. The third-order valence-corrected chi connectivity index (χ3v) is 5.50. The molecule has 0 spiro atoms. The second-order valence-electron chi connectivity index (χ2n) is 8.40. The fourth-order valence-electron chi connectivity index (χ4n) is 3.80. The van der Waals surface area contributed by atoms with Crippen LogP contribution in [-0.2, 0) is 16.1 Å². The summed E-state index contributed by atoms with van der Waals surface area (Å²) >= 11 is 0. The second kappa shape index (κ2) is 11.5. The Labute approximate surface area is 199 Å². The summed E-state index contributed by atoms with van der Waals surface area (Å²) in [5.74, 6) is 0.811. The summed E-state index contributed by atoms with van der Waals surface area (Å²) in [6, 6.07) is 17.5. The third kappa shape index (κ3) is 6.97. The molecule has 0 radical (unpaired) electrons. The smallest absolute Gasteiger partial charge is 0.231 e. The molecular weight excluding hydrogens is 432 g/mol. The first kappa shape index (κ1) is 23.6. The van der Waals surface area contributed by atoms with Crippen LogP contribution in [0.4, 0.5) is 23.3 Å². The summed E-state index contributed by atoms with van der Waals surface area (Å²) in [6.07, 6.45) is 2.90. The number of ether oxygens (including phenoxy) is 1. The van der Waals surface area contributed by atoms with Crippen molar-refractivity contribution in [2.24, 2.45) is 0 Å². The van der Waals surface area contributed by atoms with Crippen molar-refractivity contribution < 1.29 is 14.6 Å². The quantitative estimate of drug-likeness (QED) is 0.443. The molecule has 1 fully saturated rings. The van der Waals surface area contributed by atoms with Gasteiger partial charge < -0.3 is 25.4 Å². The number of hydrogen-bond donors (Lipinski definition) is 3. The predicted molar refractivity (Wildman–Crippen MR) is 131 cm³/mol. The Bertz CT molecular complexity index is 1070. The van der Waals surface area contributed by atoms with Crippen LogP contribution in [0.1, 0.15) is 31.7 Å². The highest BCUT2D eigenvalue weighted by Gasteiger charge is 2.22. The van der Waals surface area contributed by atoms with Crippen LogP contribution >= 0.6 is 0 Å². The number of carbonyl (C=O) groups is 1. The van der Waals surface area contributed by atoms with Gasteiger partial charge in [-0.2, -0.15) is 4.98 Å². The minimum absolute atomic E-state index is 0.0441. The number of aliphatic hydroxyl groups is 1. The van der Waals surface area contributed by atoms with Gasteiger partial charge in [-0.05, 0) is 43.5 Å². The van der Waals surface area contributed by atoms with Gasteiger partial charge in [-0.1, -0.05) is 36.4 Å². The predicted octanol–water partition coefficient (Wildman–Crippen LogP) is 3.51. The molecule has 4 rings (SSSR count). The molecule has 2 heterocycles. The van der Waals surface area contributed by atoms with E-state index in [1.54, 1.807) is 19.1 Å². The maximum Gasteiger partial charge on any atom is 0.231 e. The fraction of sp³-hybridized carbons (Fsp3) is 0.360. The molecule has 3 N–H and O–H groups in total. The van der Waals surface area contributed by atoms with Crippen molar-refractivity contribution in [3.8, 4) is 0 Å². The Morgan fingerprint density at radius 2 is 1.88 bits per heavy atom. The van der Waals surface area contributed by atoms with Gasteiger partial charge in [-0.15, -0.1) is 0 Å². The molecule has 1 amide bonds. The number of anilines is 4. The third-order valence-electron chi connectivity index (χ3n) is 5.50. The van der Waals surface area contributed by atoms with Gasteiger partial charge >= 0.3 is 0 Å². The highest BCUT2D eigenvalue weighted by Crippen LogP contribution is 2.22. The van der Waals surface area contributed by atoms with Crippen LogP contribution < -0.4 is 15.5 Å². The molecular formula is C25H30N6O3. The van der Waals surface area contributed by atoms with E-state index in [0.29, 0.717) is 24.2 Å². The first-order chi connectivity index (χ1) is 16.5. The number of nitrogens with one attached hydrogen (secondary N) is 2. The zero-order valence-corrected chi connectivity index (χ0v) is 19.2. The van der Waals surface area contributed by atoms with E-state index in [1.165, 1.54) is 11.9 Å². The number of nitrogens with zero attached hydrogens (tertiary/aromatic N) is 4. The van der Waals surface area contributed by atoms with E-state index in [-0.39, 0.29) is 18.4 Å². The molecule has 0 aliphatic carbocycles. The molecule has 1 saturated heterocycles. The van der Waals surface area contributed by atoms with Crippen LogP contribution in [0.15, 0.2) is 60.9 Å². The van der Waals surface area contributed by atoms with Crippen LogP contribution in [0.3, 0.4) is 0 Å². The van der Waals surface area contributed by atoms with Crippen molar-refractivity contribution in [3.05, 3.63) is 66.5 Å². The van der Waals surface area contributed by atoms with Gasteiger partial charge in [0, 0.05) is 24.5 Å². The van der Waals surface area contributed by atoms with Crippen LogP contribution in [0.5, 0.6) is 0 Å². The molecule has 1 aliphatic heterocycles. The van der Waals surface area contributed by atoms with Crippen LogP contribution in [-0.4, -0.2) is 51.3 Å². The molecule has 9 nitrogen and oxygen atoms in total. The van der Waals surface area contributed by atoms with Gasteiger partial charge in [0.1, 0.15) is 6.33 Å². The number of aromatic nitrogens is 3. The van der Waals surface area contributed by atoms with Gasteiger partial charge in [-0.3, -0.25) is 4.79 Å². The van der Waals surface area contributed by atoms with Gasteiger partial charge in [0.15, 0.2) is 0 Å². The summed E-state index contributed by atoms with van der Waals surface area (Å²) in [4.78, 5) is 27.2. The summed E-state index contributed by atoms with van der Waals surface area (Å²) in [5, 5.41) is 15.3. The van der Waals surface area contributed by atoms with Gasteiger partial charge in [0.2, 0.25) is 17.8 Å². The summed E-state index contributed by atoms with van der Waals surface area (Å²) in [6.45, 7) is 3.83. The maximum atomic E-state index is 11.9. The lowest BCUT2D eigenvalue weighted by atomic mass is 10.1. The molecule has 1 aromatic heterocycles. The van der Waals surface area contributed by atoms with Crippen LogP contribution in [0.2, 0.25) is 0 Å². The number of benzene rings is 2. The van der Waals surface area contributed by atoms with Gasteiger partial charge in [-0.25, -0.2) is 9.97 Å². The average molecular weight is 463 g/mol. The molecule has 0 bridgehead atoms. The van der Waals surface area contributed by atoms with E-state index in [2.05, 4.69) is 42.6 Å². The maximum absolute atomic E-state index is 11.9. The topological polar surface area (TPSA) is 112 Å². The standard InChI is InChI=1S/C25H30N6O3/c1-18(32)14-23(33)28-20-8-5-9-21(15-20)29-24-26-17-27-25(30-24)31-12-10-22(11-13-31)34-16-19-6-3-2-4-7-19/h2-9,15,17-18,22,32H,10-14,16H2,1H3,(H,28,33)(H,26,27,29,30)/t18-/m1/s1. The Morgan fingerprint density at radius 3 is 2.65 bits per heavy atom. The van der Waals surface area contributed by atoms with Crippen molar-refractivity contribution >= 4 is 29.2 Å². The highest BCUT2D eigenvalue weighted by molar-refractivity contribution is 5.91.